The third kappa shape index (κ3) is 8.99. The smallest absolute Gasteiger partial charge is 0.306 e. The maximum atomic E-state index is 14.3. The van der Waals surface area contributed by atoms with E-state index in [1.807, 2.05) is 43.3 Å². The van der Waals surface area contributed by atoms with Crippen molar-refractivity contribution in [3.8, 4) is 5.75 Å². The summed E-state index contributed by atoms with van der Waals surface area (Å²) in [6.45, 7) is 6.59. The predicted octanol–water partition coefficient (Wildman–Crippen LogP) is 4.70. The maximum Gasteiger partial charge on any atom is 0.306 e. The zero-order valence-electron chi connectivity index (χ0n) is 28.6. The molecule has 2 N–H and O–H groups in total. The lowest BCUT2D eigenvalue weighted by atomic mass is 9.82. The van der Waals surface area contributed by atoms with Crippen LogP contribution in [0.25, 0.3) is 0 Å². The van der Waals surface area contributed by atoms with Gasteiger partial charge in [0.1, 0.15) is 17.2 Å². The molecule has 0 radical (unpaired) electrons. The van der Waals surface area contributed by atoms with Crippen molar-refractivity contribution >= 4 is 21.5 Å². The average molecular weight is 697 g/mol. The van der Waals surface area contributed by atoms with Crippen LogP contribution in [-0.4, -0.2) is 90.7 Å². The molecule has 5 rings (SSSR count). The molecule has 3 aromatic rings. The summed E-state index contributed by atoms with van der Waals surface area (Å²) in [5.41, 5.74) is 4.70. The van der Waals surface area contributed by atoms with Gasteiger partial charge in [-0.2, -0.15) is 0 Å². The van der Waals surface area contributed by atoms with E-state index in [0.717, 1.165) is 53.2 Å². The molecule has 11 nitrogen and oxygen atoms in total. The molecule has 2 aliphatic heterocycles. The minimum atomic E-state index is -4.13. The van der Waals surface area contributed by atoms with Gasteiger partial charge in [-0.25, -0.2) is 8.42 Å². The predicted molar refractivity (Wildman–Crippen MR) is 186 cm³/mol. The topological polar surface area (TPSA) is 133 Å². The van der Waals surface area contributed by atoms with E-state index in [4.69, 9.17) is 23.7 Å². The summed E-state index contributed by atoms with van der Waals surface area (Å²) < 4.78 is 57.1. The Bertz CT molecular complexity index is 1630. The molecule has 3 aromatic carbocycles. The Labute approximate surface area is 289 Å². The molecule has 1 fully saturated rings. The summed E-state index contributed by atoms with van der Waals surface area (Å²) in [5, 5.41) is 13.2. The highest BCUT2D eigenvalue weighted by atomic mass is 32.2. The first kappa shape index (κ1) is 36.8. The standard InChI is InChI=1S/C37H48N2O9S/c1-27-5-12-31(13-6-27)49(42,43)37(23-36(40)41)22-32(30-10-7-28(8-11-30)25-46-20-19-45-3)35(24-38-37)48-26-29-9-14-34-33(21-29)39(16-18-47-34)15-4-17-44-2/h5-14,21,32,35,38H,4,15-20,22-26H2,1-3H3,(H,40,41)/t32-,35+,37-/m1/s1. The van der Waals surface area contributed by atoms with E-state index in [-0.39, 0.29) is 24.5 Å². The van der Waals surface area contributed by atoms with E-state index in [2.05, 4.69) is 16.3 Å². The molecule has 3 atom stereocenters. The second-order valence-corrected chi connectivity index (χ2v) is 15.0. The molecule has 0 saturated carbocycles. The van der Waals surface area contributed by atoms with Crippen molar-refractivity contribution in [1.82, 2.24) is 5.32 Å². The minimum absolute atomic E-state index is 0.00909. The lowest BCUT2D eigenvalue weighted by Crippen LogP contribution is -2.61. The number of sulfone groups is 1. The van der Waals surface area contributed by atoms with Crippen molar-refractivity contribution in [2.45, 2.75) is 61.2 Å². The monoisotopic (exact) mass is 696 g/mol. The Morgan fingerprint density at radius 3 is 2.43 bits per heavy atom. The summed E-state index contributed by atoms with van der Waals surface area (Å²) in [6, 6.07) is 20.4. The fourth-order valence-electron chi connectivity index (χ4n) is 6.55. The number of nitrogens with one attached hydrogen (secondary N) is 1. The Balaban J connectivity index is 1.42. The zero-order chi connectivity index (χ0) is 34.9. The van der Waals surface area contributed by atoms with Crippen molar-refractivity contribution in [3.63, 3.8) is 0 Å². The molecular weight excluding hydrogens is 648 g/mol. The number of nitrogens with zero attached hydrogens (tertiary/aromatic N) is 1. The van der Waals surface area contributed by atoms with Crippen molar-refractivity contribution in [1.29, 1.82) is 0 Å². The van der Waals surface area contributed by atoms with E-state index < -0.39 is 39.1 Å². The number of piperidine rings is 1. The molecule has 49 heavy (non-hydrogen) atoms. The van der Waals surface area contributed by atoms with E-state index >= 15 is 0 Å². The number of carbonyl (C=O) groups is 1. The largest absolute Gasteiger partial charge is 0.490 e. The summed E-state index contributed by atoms with van der Waals surface area (Å²) >= 11 is 0. The van der Waals surface area contributed by atoms with Crippen molar-refractivity contribution < 1.29 is 42.0 Å². The molecule has 0 spiro atoms. The highest BCUT2D eigenvalue weighted by molar-refractivity contribution is 7.92. The van der Waals surface area contributed by atoms with E-state index in [9.17, 15) is 18.3 Å². The van der Waals surface area contributed by atoms with Crippen LogP contribution >= 0.6 is 0 Å². The normalized spacial score (nSPS) is 20.8. The van der Waals surface area contributed by atoms with Crippen LogP contribution in [0.15, 0.2) is 71.6 Å². The van der Waals surface area contributed by atoms with Gasteiger partial charge in [0.2, 0.25) is 0 Å². The summed E-state index contributed by atoms with van der Waals surface area (Å²) in [5.74, 6) is -0.789. The molecule has 12 heteroatoms. The molecular formula is C37H48N2O9S. The number of carboxylic acid groups (broad SMARTS) is 1. The van der Waals surface area contributed by atoms with Crippen molar-refractivity contribution in [2.24, 2.45) is 0 Å². The van der Waals surface area contributed by atoms with Crippen molar-refractivity contribution in [3.05, 3.63) is 89.0 Å². The van der Waals surface area contributed by atoms with Crippen LogP contribution in [-0.2, 0) is 46.8 Å². The quantitative estimate of drug-likeness (QED) is 0.190. The minimum Gasteiger partial charge on any atom is -0.490 e. The molecule has 0 aromatic heterocycles. The SMILES string of the molecule is COCCCN1CCOc2ccc(CO[C@H]3CN[C@@](CC(=O)O)(S(=O)(=O)c4ccc(C)cc4)C[C@@H]3c3ccc(COCCOC)cc3)cc21. The number of methoxy groups -OCH3 is 2. The number of rotatable bonds is 17. The highest BCUT2D eigenvalue weighted by Crippen LogP contribution is 2.42. The number of ether oxygens (including phenoxy) is 5. The molecule has 0 aliphatic carbocycles. The molecule has 0 unspecified atom stereocenters. The number of anilines is 1. The van der Waals surface area contributed by atoms with Crippen LogP contribution in [0.1, 0.15) is 47.4 Å². The first-order valence-electron chi connectivity index (χ1n) is 16.7. The molecule has 266 valence electrons. The van der Waals surface area contributed by atoms with Gasteiger partial charge in [0.05, 0.1) is 56.1 Å². The number of benzene rings is 3. The fourth-order valence-corrected chi connectivity index (χ4v) is 8.49. The van der Waals surface area contributed by atoms with Gasteiger partial charge in [-0.3, -0.25) is 10.1 Å². The van der Waals surface area contributed by atoms with E-state index in [1.54, 1.807) is 38.5 Å². The number of fused-ring (bicyclic) bond motifs is 1. The third-order valence-electron chi connectivity index (χ3n) is 9.24. The molecule has 0 bridgehead atoms. The van der Waals surface area contributed by atoms with Crippen molar-refractivity contribution in [2.75, 3.05) is 65.2 Å². The fraction of sp³-hybridized carbons (Fsp3) is 0.486. The highest BCUT2D eigenvalue weighted by Gasteiger charge is 2.52. The van der Waals surface area contributed by atoms with Crippen LogP contribution in [0.2, 0.25) is 0 Å². The zero-order valence-corrected chi connectivity index (χ0v) is 29.4. The maximum absolute atomic E-state index is 14.3. The first-order chi connectivity index (χ1) is 23.7. The number of hydrogen-bond acceptors (Lipinski definition) is 10. The number of carboxylic acids is 1. The Morgan fingerprint density at radius 2 is 1.71 bits per heavy atom. The summed E-state index contributed by atoms with van der Waals surface area (Å²) in [4.78, 5) is 12.9. The van der Waals surface area contributed by atoms with E-state index in [1.165, 1.54) is 0 Å². The van der Waals surface area contributed by atoms with E-state index in [0.29, 0.717) is 33.0 Å². The van der Waals surface area contributed by atoms with Crippen LogP contribution in [0.5, 0.6) is 5.75 Å². The Hall–Kier alpha value is -3.52. The van der Waals surface area contributed by atoms with Gasteiger partial charge in [-0.1, -0.05) is 48.0 Å². The third-order valence-corrected chi connectivity index (χ3v) is 11.6. The molecule has 2 aliphatic rings. The molecule has 2 heterocycles. The van der Waals surface area contributed by atoms with Gasteiger partial charge in [-0.05, 0) is 60.7 Å². The van der Waals surface area contributed by atoms with Crippen LogP contribution in [0, 0.1) is 6.92 Å². The van der Waals surface area contributed by atoms with Gasteiger partial charge in [0, 0.05) is 39.8 Å². The Morgan fingerprint density at radius 1 is 0.980 bits per heavy atom. The van der Waals surface area contributed by atoms with Crippen LogP contribution in [0.3, 0.4) is 0 Å². The summed E-state index contributed by atoms with van der Waals surface area (Å²) in [6.07, 6.45) is -0.131. The Kier molecular flexibility index (Phi) is 12.7. The molecule has 1 saturated heterocycles. The number of aryl methyl sites for hydroxylation is 1. The molecule has 0 amide bonds. The second kappa shape index (κ2) is 16.9. The lowest BCUT2D eigenvalue weighted by Gasteiger charge is -2.44. The summed E-state index contributed by atoms with van der Waals surface area (Å²) in [7, 11) is -0.802. The second-order valence-electron chi connectivity index (χ2n) is 12.7. The van der Waals surface area contributed by atoms with Gasteiger partial charge < -0.3 is 33.7 Å². The van der Waals surface area contributed by atoms with Gasteiger partial charge in [0.25, 0.3) is 0 Å². The number of hydrogen-bond donors (Lipinski definition) is 2. The van der Waals surface area contributed by atoms with Gasteiger partial charge in [0.15, 0.2) is 9.84 Å². The lowest BCUT2D eigenvalue weighted by molar-refractivity contribution is -0.138. The number of aliphatic carboxylic acids is 1. The average Bonchev–Trinajstić information content (AvgIpc) is 3.10. The van der Waals surface area contributed by atoms with Crippen LogP contribution < -0.4 is 15.0 Å². The first-order valence-corrected chi connectivity index (χ1v) is 18.2. The van der Waals surface area contributed by atoms with Gasteiger partial charge >= 0.3 is 5.97 Å². The van der Waals surface area contributed by atoms with Crippen LogP contribution in [0.4, 0.5) is 5.69 Å². The van der Waals surface area contributed by atoms with Gasteiger partial charge in [-0.15, -0.1) is 0 Å².